The number of amides is 1. The molecule has 10 nitrogen and oxygen atoms in total. The van der Waals surface area contributed by atoms with E-state index in [0.29, 0.717) is 67.1 Å². The summed E-state index contributed by atoms with van der Waals surface area (Å²) in [6.07, 6.45) is 0.934. The van der Waals surface area contributed by atoms with E-state index in [4.69, 9.17) is 23.9 Å². The lowest BCUT2D eigenvalue weighted by Gasteiger charge is -2.37. The number of carbonyl (C=O) groups excluding carboxylic acids is 3. The number of nitrogens with zero attached hydrogens (tertiary/aromatic N) is 3. The summed E-state index contributed by atoms with van der Waals surface area (Å²) >= 11 is 1.42. The molecule has 0 radical (unpaired) electrons. The number of thioether (sulfide) groups is 1. The van der Waals surface area contributed by atoms with Crippen LogP contribution in [-0.2, 0) is 30.5 Å². The fourth-order valence-electron chi connectivity index (χ4n) is 5.82. The minimum atomic E-state index is -0.612. The summed E-state index contributed by atoms with van der Waals surface area (Å²) in [5.74, 6) is 0.190. The van der Waals surface area contributed by atoms with Gasteiger partial charge in [0.1, 0.15) is 6.61 Å². The van der Waals surface area contributed by atoms with Crippen molar-refractivity contribution in [2.75, 3.05) is 26.8 Å². The number of carbonyl (C=O) groups is 3. The molecule has 11 heteroatoms. The van der Waals surface area contributed by atoms with Gasteiger partial charge in [0.05, 0.1) is 49.5 Å². The van der Waals surface area contributed by atoms with Crippen LogP contribution in [0.1, 0.15) is 64.1 Å². The van der Waals surface area contributed by atoms with Gasteiger partial charge in [-0.25, -0.2) is 9.79 Å². The van der Waals surface area contributed by atoms with Gasteiger partial charge in [0, 0.05) is 18.8 Å². The number of benzene rings is 2. The van der Waals surface area contributed by atoms with Crippen LogP contribution >= 0.6 is 11.8 Å². The Hall–Kier alpha value is -4.25. The molecule has 2 aromatic carbocycles. The largest absolute Gasteiger partial charge is 0.493 e. The van der Waals surface area contributed by atoms with Crippen molar-refractivity contribution < 1.29 is 33.3 Å². The molecule has 0 spiro atoms. The van der Waals surface area contributed by atoms with Crippen molar-refractivity contribution in [3.05, 3.63) is 82.0 Å². The van der Waals surface area contributed by atoms with Crippen LogP contribution in [0, 0.1) is 5.92 Å². The monoisotopic (exact) mass is 647 g/mol. The number of amidine groups is 1. The lowest BCUT2D eigenvalue weighted by atomic mass is 9.93. The average Bonchev–Trinajstić information content (AvgIpc) is 3.44. The van der Waals surface area contributed by atoms with Crippen molar-refractivity contribution >= 4 is 34.8 Å². The standard InChI is InChI=1S/C35H41N3O7S/c1-6-43-33(40)25-14-16-37(17-15-25)30(39)19-27-21-46-35-36-23(4)31(34(41)45-22(2)3)32(38(27)35)26-12-13-28(29(18-26)42-5)44-20-24-10-8-7-9-11-24/h7-13,18,21-22,25,32H,6,14-17,19-20H2,1-5H3. The maximum atomic E-state index is 13.6. The smallest absolute Gasteiger partial charge is 0.338 e. The highest BCUT2D eigenvalue weighted by Gasteiger charge is 2.42. The number of ether oxygens (including phenoxy) is 4. The molecule has 2 aromatic rings. The van der Waals surface area contributed by atoms with Crippen LogP contribution in [0.15, 0.2) is 75.9 Å². The van der Waals surface area contributed by atoms with Crippen LogP contribution in [0.3, 0.4) is 0 Å². The van der Waals surface area contributed by atoms with Gasteiger partial charge in [0.25, 0.3) is 0 Å². The quantitative estimate of drug-likeness (QED) is 0.272. The molecule has 1 unspecified atom stereocenters. The molecule has 1 saturated heterocycles. The second-order valence-corrected chi connectivity index (χ2v) is 12.5. The number of hydrogen-bond acceptors (Lipinski definition) is 10. The number of fused-ring (bicyclic) bond motifs is 1. The number of likely N-dealkylation sites (tertiary alicyclic amines) is 1. The topological polar surface area (TPSA) is 107 Å². The van der Waals surface area contributed by atoms with Gasteiger partial charge in [0.15, 0.2) is 16.7 Å². The summed E-state index contributed by atoms with van der Waals surface area (Å²) in [6, 6.07) is 14.9. The summed E-state index contributed by atoms with van der Waals surface area (Å²) in [4.78, 5) is 47.9. The molecule has 0 aromatic heterocycles. The Morgan fingerprint density at radius 3 is 2.46 bits per heavy atom. The highest BCUT2D eigenvalue weighted by Crippen LogP contribution is 2.46. The third-order valence-electron chi connectivity index (χ3n) is 8.10. The predicted molar refractivity (Wildman–Crippen MR) is 176 cm³/mol. The number of rotatable bonds is 11. The van der Waals surface area contributed by atoms with Gasteiger partial charge in [-0.1, -0.05) is 48.2 Å². The van der Waals surface area contributed by atoms with Crippen molar-refractivity contribution in [2.24, 2.45) is 10.9 Å². The Morgan fingerprint density at radius 2 is 1.78 bits per heavy atom. The molecule has 0 aliphatic carbocycles. The molecule has 3 aliphatic rings. The van der Waals surface area contributed by atoms with E-state index in [1.54, 1.807) is 25.9 Å². The molecule has 0 saturated carbocycles. The molecule has 3 heterocycles. The molecule has 244 valence electrons. The van der Waals surface area contributed by atoms with Gasteiger partial charge in [-0.05, 0) is 69.2 Å². The molecule has 1 atom stereocenters. The van der Waals surface area contributed by atoms with E-state index in [1.165, 1.54) is 11.8 Å². The second kappa shape index (κ2) is 14.9. The molecular weight excluding hydrogens is 606 g/mol. The van der Waals surface area contributed by atoms with Crippen LogP contribution in [-0.4, -0.2) is 65.7 Å². The van der Waals surface area contributed by atoms with E-state index in [2.05, 4.69) is 0 Å². The zero-order chi connectivity index (χ0) is 32.8. The molecular formula is C35H41N3O7S. The maximum Gasteiger partial charge on any atom is 0.338 e. The number of hydrogen-bond donors (Lipinski definition) is 0. The van der Waals surface area contributed by atoms with Gasteiger partial charge < -0.3 is 28.7 Å². The Bertz CT molecular complexity index is 1540. The number of piperidine rings is 1. The van der Waals surface area contributed by atoms with E-state index in [1.807, 2.05) is 72.7 Å². The summed E-state index contributed by atoms with van der Waals surface area (Å²) in [5.41, 5.74) is 3.48. The van der Waals surface area contributed by atoms with Crippen LogP contribution in [0.4, 0.5) is 0 Å². The third-order valence-corrected chi connectivity index (χ3v) is 8.99. The highest BCUT2D eigenvalue weighted by atomic mass is 32.2. The Kier molecular flexibility index (Phi) is 10.7. The molecule has 0 bridgehead atoms. The summed E-state index contributed by atoms with van der Waals surface area (Å²) in [6.45, 7) is 8.91. The zero-order valence-corrected chi connectivity index (χ0v) is 27.8. The van der Waals surface area contributed by atoms with E-state index >= 15 is 0 Å². The number of methoxy groups -OCH3 is 1. The first-order valence-corrected chi connectivity index (χ1v) is 16.5. The van der Waals surface area contributed by atoms with Crippen molar-refractivity contribution in [3.63, 3.8) is 0 Å². The summed E-state index contributed by atoms with van der Waals surface area (Å²) in [5, 5.41) is 2.60. The van der Waals surface area contributed by atoms with E-state index < -0.39 is 12.0 Å². The second-order valence-electron chi connectivity index (χ2n) is 11.6. The van der Waals surface area contributed by atoms with Gasteiger partial charge in [0.2, 0.25) is 5.91 Å². The zero-order valence-electron chi connectivity index (χ0n) is 27.0. The van der Waals surface area contributed by atoms with Crippen LogP contribution in [0.5, 0.6) is 11.5 Å². The molecule has 5 rings (SSSR count). The first-order chi connectivity index (χ1) is 22.2. The van der Waals surface area contributed by atoms with Crippen LogP contribution in [0.2, 0.25) is 0 Å². The Labute approximate surface area is 274 Å². The molecule has 46 heavy (non-hydrogen) atoms. The van der Waals surface area contributed by atoms with Gasteiger partial charge in [-0.3, -0.25) is 9.59 Å². The average molecular weight is 648 g/mol. The number of allylic oxidation sites excluding steroid dienone is 1. The lowest BCUT2D eigenvalue weighted by Crippen LogP contribution is -2.42. The van der Waals surface area contributed by atoms with Crippen molar-refractivity contribution in [1.82, 2.24) is 9.80 Å². The fourth-order valence-corrected chi connectivity index (χ4v) is 6.79. The minimum Gasteiger partial charge on any atom is -0.493 e. The number of esters is 2. The van der Waals surface area contributed by atoms with E-state index in [0.717, 1.165) is 16.8 Å². The van der Waals surface area contributed by atoms with Gasteiger partial charge >= 0.3 is 11.9 Å². The predicted octanol–water partition coefficient (Wildman–Crippen LogP) is 5.99. The molecule has 3 aliphatic heterocycles. The van der Waals surface area contributed by atoms with Crippen LogP contribution < -0.4 is 9.47 Å². The minimum absolute atomic E-state index is 0.0472. The van der Waals surface area contributed by atoms with Gasteiger partial charge in [-0.15, -0.1) is 0 Å². The Morgan fingerprint density at radius 1 is 1.04 bits per heavy atom. The SMILES string of the molecule is CCOC(=O)C1CCN(C(=O)CC2=CSC3=NC(C)=C(C(=O)OC(C)C)C(c4ccc(OCc5ccccc5)c(OC)c4)N23)CC1. The number of aliphatic imine (C=N–C) groups is 1. The van der Waals surface area contributed by atoms with Crippen molar-refractivity contribution in [1.29, 1.82) is 0 Å². The lowest BCUT2D eigenvalue weighted by molar-refractivity contribution is -0.151. The van der Waals surface area contributed by atoms with Crippen LogP contribution in [0.25, 0.3) is 0 Å². The highest BCUT2D eigenvalue weighted by molar-refractivity contribution is 8.16. The van der Waals surface area contributed by atoms with Gasteiger partial charge in [-0.2, -0.15) is 0 Å². The third kappa shape index (κ3) is 7.41. The van der Waals surface area contributed by atoms with Crippen molar-refractivity contribution in [2.45, 2.75) is 65.7 Å². The van der Waals surface area contributed by atoms with E-state index in [-0.39, 0.29) is 30.3 Å². The molecule has 1 amide bonds. The first-order valence-electron chi connectivity index (χ1n) is 15.6. The fraction of sp³-hybridized carbons (Fsp3) is 0.429. The summed E-state index contributed by atoms with van der Waals surface area (Å²) < 4.78 is 22.7. The first kappa shape index (κ1) is 33.1. The normalized spacial score (nSPS) is 18.2. The summed E-state index contributed by atoms with van der Waals surface area (Å²) in [7, 11) is 1.58. The molecule has 1 fully saturated rings. The Balaban J connectivity index is 1.41. The van der Waals surface area contributed by atoms with Crippen molar-refractivity contribution in [3.8, 4) is 11.5 Å². The van der Waals surface area contributed by atoms with E-state index in [9.17, 15) is 14.4 Å². The maximum absolute atomic E-state index is 13.6. The molecule has 0 N–H and O–H groups in total.